The van der Waals surface area contributed by atoms with Gasteiger partial charge in [0.1, 0.15) is 0 Å². The zero-order chi connectivity index (χ0) is 16.0. The summed E-state index contributed by atoms with van der Waals surface area (Å²) in [4.78, 5) is 4.92. The predicted octanol–water partition coefficient (Wildman–Crippen LogP) is 2.80. The van der Waals surface area contributed by atoms with Gasteiger partial charge in [0.25, 0.3) is 0 Å². The van der Waals surface area contributed by atoms with E-state index in [4.69, 9.17) is 21.7 Å². The molecule has 0 amide bonds. The molecule has 0 aliphatic carbocycles. The Bertz CT molecular complexity index is 400. The number of hydrogen-bond acceptors (Lipinski definition) is 3. The SMILES string of the molecule is CC1(C)C[C@@H](N2CCN([C@H]3CCOC(C)(C)C3)C2=S)CCO1. The first-order valence-electron chi connectivity index (χ1n) is 8.63. The summed E-state index contributed by atoms with van der Waals surface area (Å²) in [5, 5.41) is 1.06. The zero-order valence-electron chi connectivity index (χ0n) is 14.4. The Morgan fingerprint density at radius 2 is 1.27 bits per heavy atom. The minimum absolute atomic E-state index is 0.0212. The maximum absolute atomic E-state index is 5.86. The highest BCUT2D eigenvalue weighted by atomic mass is 32.1. The van der Waals surface area contributed by atoms with Crippen LogP contribution in [0.1, 0.15) is 53.4 Å². The Labute approximate surface area is 140 Å². The van der Waals surface area contributed by atoms with Gasteiger partial charge in [0, 0.05) is 38.4 Å². The monoisotopic (exact) mass is 326 g/mol. The summed E-state index contributed by atoms with van der Waals surface area (Å²) in [5.74, 6) is 0. The van der Waals surface area contributed by atoms with E-state index in [-0.39, 0.29) is 11.2 Å². The molecule has 0 bridgehead atoms. The lowest BCUT2D eigenvalue weighted by molar-refractivity contribution is -0.0747. The second kappa shape index (κ2) is 5.91. The van der Waals surface area contributed by atoms with Crippen LogP contribution < -0.4 is 0 Å². The standard InChI is InChI=1S/C17H30N2O2S/c1-16(2)11-13(5-9-20-16)18-7-8-19(15(18)22)14-6-10-21-17(3,4)12-14/h13-14H,5-12H2,1-4H3/t13-,14-/m0/s1. The van der Waals surface area contributed by atoms with E-state index in [9.17, 15) is 0 Å². The van der Waals surface area contributed by atoms with E-state index in [1.807, 2.05) is 0 Å². The number of hydrogen-bond donors (Lipinski definition) is 0. The molecule has 0 aromatic carbocycles. The van der Waals surface area contributed by atoms with Gasteiger partial charge < -0.3 is 19.3 Å². The van der Waals surface area contributed by atoms with Crippen molar-refractivity contribution in [3.8, 4) is 0 Å². The van der Waals surface area contributed by atoms with Gasteiger partial charge in [-0.3, -0.25) is 0 Å². The molecule has 3 aliphatic heterocycles. The highest BCUT2D eigenvalue weighted by Gasteiger charge is 2.41. The smallest absolute Gasteiger partial charge is 0.172 e. The van der Waals surface area contributed by atoms with Crippen molar-refractivity contribution in [1.29, 1.82) is 0 Å². The summed E-state index contributed by atoms with van der Waals surface area (Å²) in [6, 6.07) is 1.07. The second-order valence-electron chi connectivity index (χ2n) is 8.18. The molecule has 0 aromatic rings. The van der Waals surface area contributed by atoms with E-state index in [1.54, 1.807) is 0 Å². The first-order chi connectivity index (χ1) is 10.3. The van der Waals surface area contributed by atoms with E-state index in [2.05, 4.69) is 37.5 Å². The predicted molar refractivity (Wildman–Crippen MR) is 92.1 cm³/mol. The molecule has 3 saturated heterocycles. The van der Waals surface area contributed by atoms with Crippen LogP contribution in [0.2, 0.25) is 0 Å². The molecule has 0 aromatic heterocycles. The van der Waals surface area contributed by atoms with Crippen LogP contribution in [-0.4, -0.2) is 64.5 Å². The number of nitrogens with zero attached hydrogens (tertiary/aromatic N) is 2. The molecule has 4 nitrogen and oxygen atoms in total. The Hall–Kier alpha value is -0.390. The van der Waals surface area contributed by atoms with Crippen LogP contribution in [0.25, 0.3) is 0 Å². The summed E-state index contributed by atoms with van der Waals surface area (Å²) in [6.07, 6.45) is 4.33. The summed E-state index contributed by atoms with van der Waals surface area (Å²) in [7, 11) is 0. The average molecular weight is 327 g/mol. The maximum atomic E-state index is 5.86. The lowest BCUT2D eigenvalue weighted by Crippen LogP contribution is -2.50. The first kappa shape index (κ1) is 16.5. The van der Waals surface area contributed by atoms with Gasteiger partial charge in [-0.25, -0.2) is 0 Å². The van der Waals surface area contributed by atoms with Gasteiger partial charge in [-0.15, -0.1) is 0 Å². The molecule has 3 heterocycles. The van der Waals surface area contributed by atoms with Crippen LogP contribution in [0.15, 0.2) is 0 Å². The summed E-state index contributed by atoms with van der Waals surface area (Å²) in [5.41, 5.74) is -0.0424. The third-order valence-corrected chi connectivity index (χ3v) is 5.77. The van der Waals surface area contributed by atoms with Gasteiger partial charge in [0.2, 0.25) is 0 Å². The largest absolute Gasteiger partial charge is 0.375 e. The molecule has 0 N–H and O–H groups in total. The molecule has 3 aliphatic rings. The topological polar surface area (TPSA) is 24.9 Å². The minimum Gasteiger partial charge on any atom is -0.375 e. The Morgan fingerprint density at radius 3 is 1.64 bits per heavy atom. The fourth-order valence-corrected chi connectivity index (χ4v) is 4.66. The van der Waals surface area contributed by atoms with E-state index < -0.39 is 0 Å². The fourth-order valence-electron chi connectivity index (χ4n) is 4.18. The van der Waals surface area contributed by atoms with Crippen molar-refractivity contribution in [3.63, 3.8) is 0 Å². The van der Waals surface area contributed by atoms with Gasteiger partial charge in [-0.1, -0.05) is 0 Å². The van der Waals surface area contributed by atoms with Crippen molar-refractivity contribution in [3.05, 3.63) is 0 Å². The second-order valence-corrected chi connectivity index (χ2v) is 8.54. The van der Waals surface area contributed by atoms with Crippen LogP contribution in [0.3, 0.4) is 0 Å². The molecule has 0 radical (unpaired) electrons. The highest BCUT2D eigenvalue weighted by Crippen LogP contribution is 2.33. The fraction of sp³-hybridized carbons (Fsp3) is 0.941. The average Bonchev–Trinajstić information content (AvgIpc) is 2.78. The van der Waals surface area contributed by atoms with Crippen LogP contribution in [0, 0.1) is 0 Å². The van der Waals surface area contributed by atoms with Crippen LogP contribution in [0.5, 0.6) is 0 Å². The van der Waals surface area contributed by atoms with Gasteiger partial charge in [-0.2, -0.15) is 0 Å². The van der Waals surface area contributed by atoms with Crippen LogP contribution in [-0.2, 0) is 9.47 Å². The Morgan fingerprint density at radius 1 is 0.864 bits per heavy atom. The molecule has 3 rings (SSSR count). The summed E-state index contributed by atoms with van der Waals surface area (Å²) in [6.45, 7) is 12.6. The molecule has 126 valence electrons. The van der Waals surface area contributed by atoms with Gasteiger partial charge >= 0.3 is 0 Å². The molecule has 3 fully saturated rings. The molecule has 0 spiro atoms. The van der Waals surface area contributed by atoms with Crippen molar-refractivity contribution in [2.45, 2.75) is 76.7 Å². The third-order valence-electron chi connectivity index (χ3n) is 5.30. The van der Waals surface area contributed by atoms with Crippen molar-refractivity contribution in [1.82, 2.24) is 9.80 Å². The van der Waals surface area contributed by atoms with Gasteiger partial charge in [0.15, 0.2) is 5.11 Å². The number of ether oxygens (including phenoxy) is 2. The lowest BCUT2D eigenvalue weighted by atomic mass is 9.93. The van der Waals surface area contributed by atoms with E-state index in [0.29, 0.717) is 12.1 Å². The minimum atomic E-state index is -0.0212. The Balaban J connectivity index is 1.65. The van der Waals surface area contributed by atoms with Gasteiger partial charge in [-0.05, 0) is 65.6 Å². The number of rotatable bonds is 2. The van der Waals surface area contributed by atoms with E-state index in [1.165, 1.54) is 0 Å². The third kappa shape index (κ3) is 3.41. The van der Waals surface area contributed by atoms with Crippen LogP contribution in [0.4, 0.5) is 0 Å². The van der Waals surface area contributed by atoms with Crippen molar-refractivity contribution >= 4 is 17.3 Å². The molecule has 22 heavy (non-hydrogen) atoms. The van der Waals surface area contributed by atoms with Crippen LogP contribution >= 0.6 is 12.2 Å². The maximum Gasteiger partial charge on any atom is 0.172 e. The molecular weight excluding hydrogens is 296 g/mol. The normalized spacial score (nSPS) is 35.0. The van der Waals surface area contributed by atoms with E-state index in [0.717, 1.165) is 57.1 Å². The first-order valence-corrected chi connectivity index (χ1v) is 9.03. The van der Waals surface area contributed by atoms with E-state index >= 15 is 0 Å². The molecule has 5 heteroatoms. The summed E-state index contributed by atoms with van der Waals surface area (Å²) < 4.78 is 11.7. The number of thiocarbonyl (C=S) groups is 1. The lowest BCUT2D eigenvalue weighted by Gasteiger charge is -2.43. The highest BCUT2D eigenvalue weighted by molar-refractivity contribution is 7.80. The van der Waals surface area contributed by atoms with Crippen molar-refractivity contribution < 1.29 is 9.47 Å². The molecule has 0 saturated carbocycles. The molecular formula is C17H30N2O2S. The van der Waals surface area contributed by atoms with Crippen molar-refractivity contribution in [2.24, 2.45) is 0 Å². The summed E-state index contributed by atoms with van der Waals surface area (Å²) >= 11 is 5.84. The Kier molecular flexibility index (Phi) is 4.43. The van der Waals surface area contributed by atoms with Gasteiger partial charge in [0.05, 0.1) is 11.2 Å². The quantitative estimate of drug-likeness (QED) is 0.727. The molecule has 2 atom stereocenters. The molecule has 0 unspecified atom stereocenters. The van der Waals surface area contributed by atoms with Crippen molar-refractivity contribution in [2.75, 3.05) is 26.3 Å². The zero-order valence-corrected chi connectivity index (χ0v) is 15.2.